The van der Waals surface area contributed by atoms with Crippen LogP contribution in [0.2, 0.25) is 0 Å². The summed E-state index contributed by atoms with van der Waals surface area (Å²) in [5, 5.41) is 0. The van der Waals surface area contributed by atoms with Crippen LogP contribution in [0.25, 0.3) is 0 Å². The van der Waals surface area contributed by atoms with Gasteiger partial charge in [0.2, 0.25) is 0 Å². The summed E-state index contributed by atoms with van der Waals surface area (Å²) in [5.74, 6) is 0. The molecule has 0 saturated heterocycles. The topological polar surface area (TPSA) is 80.9 Å². The molecule has 0 amide bonds. The van der Waals surface area contributed by atoms with Gasteiger partial charge in [-0.25, -0.2) is 0 Å². The van der Waals surface area contributed by atoms with Crippen LogP contribution < -0.4 is 0 Å². The molecule has 0 aromatic carbocycles. The Kier molecular flexibility index (Phi) is 12.5. The summed E-state index contributed by atoms with van der Waals surface area (Å²) in [4.78, 5) is 29.3. The maximum atomic E-state index is 7.33. The number of hydrogen-bond acceptors (Lipinski definition) is 4. The van der Waals surface area contributed by atoms with Gasteiger partial charge in [0.15, 0.2) is 0 Å². The van der Waals surface area contributed by atoms with Crippen molar-refractivity contribution in [2.45, 2.75) is 0 Å². The first-order chi connectivity index (χ1) is 2.00. The average molecular weight is 130 g/mol. The maximum absolute atomic E-state index is 7.33. The molecule has 0 bridgehead atoms. The normalized spacial score (nSPS) is 8.57. The molecule has 0 radical (unpaired) electrons. The molecule has 0 aliphatic carbocycles. The van der Waals surface area contributed by atoms with Crippen molar-refractivity contribution in [3.63, 3.8) is 0 Å². The van der Waals surface area contributed by atoms with E-state index < -0.39 is 9.05 Å². The van der Waals surface area contributed by atoms with Crippen LogP contribution in [0.3, 0.4) is 0 Å². The Balaban J connectivity index is -0.0000000800. The second-order valence-corrected chi connectivity index (χ2v) is 1.80. The van der Waals surface area contributed by atoms with Gasteiger partial charge in [0.25, 0.3) is 0 Å². The second kappa shape index (κ2) is 5.56. The van der Waals surface area contributed by atoms with Crippen molar-refractivity contribution < 1.29 is 19.2 Å². The molecule has 0 aromatic rings. The van der Waals surface area contributed by atoms with Gasteiger partial charge in [-0.15, -0.1) is 0 Å². The fourth-order valence-corrected chi connectivity index (χ4v) is 0. The smallest absolute Gasteiger partial charge is 0.316 e. The minimum absolute atomic E-state index is 0. The molecule has 7 heavy (non-hydrogen) atoms. The molecule has 4 nitrogen and oxygen atoms in total. The van der Waals surface area contributed by atoms with Gasteiger partial charge in [0.1, 0.15) is 0 Å². The first-order valence-electron chi connectivity index (χ1n) is 0.894. The van der Waals surface area contributed by atoms with E-state index in [0.29, 0.717) is 0 Å². The molecule has 0 heterocycles. The average Bonchev–Trinajstić information content (AvgIpc) is 0.722. The van der Waals surface area contributed by atoms with Gasteiger partial charge in [0.05, 0.1) is 0 Å². The minimum atomic E-state index is -4.61. The first kappa shape index (κ1) is 15.8. The Morgan fingerprint density at radius 2 is 0.857 bits per heavy atom. The van der Waals surface area contributed by atoms with Crippen molar-refractivity contribution in [3.05, 3.63) is 0 Å². The van der Waals surface area contributed by atoms with Crippen molar-refractivity contribution in [2.24, 2.45) is 0 Å². The van der Waals surface area contributed by atoms with Crippen molar-refractivity contribution >= 4 is 51.0 Å². The summed E-state index contributed by atoms with van der Waals surface area (Å²) in [5.41, 5.74) is 0. The third kappa shape index (κ3) is 108. The molecule has 0 rings (SSSR count). The molecule has 0 saturated carbocycles. The van der Waals surface area contributed by atoms with E-state index in [1.807, 2.05) is 0 Å². The SMILES string of the molecule is O[Si](O)(O)O.[LiH].[MgH2]. The van der Waals surface area contributed by atoms with Crippen LogP contribution in [0.1, 0.15) is 0 Å². The van der Waals surface area contributed by atoms with Crippen LogP contribution in [0, 0.1) is 0 Å². The van der Waals surface area contributed by atoms with Gasteiger partial charge in [0, 0.05) is 0 Å². The first-order valence-corrected chi connectivity index (χ1v) is 2.68. The van der Waals surface area contributed by atoms with Crippen LogP contribution in [0.4, 0.5) is 0 Å². The van der Waals surface area contributed by atoms with Gasteiger partial charge in [-0.1, -0.05) is 0 Å². The zero-order valence-corrected chi connectivity index (χ0v) is 3.29. The molecule has 0 spiro atoms. The molecule has 0 aromatic heterocycles. The van der Waals surface area contributed by atoms with Gasteiger partial charge < -0.3 is 19.2 Å². The molecule has 0 fully saturated rings. The zero-order valence-electron chi connectivity index (χ0n) is 2.29. The molecule has 0 atom stereocenters. The van der Waals surface area contributed by atoms with Crippen LogP contribution in [0.15, 0.2) is 0 Å². The monoisotopic (exact) mass is 130 g/mol. The number of rotatable bonds is 0. The van der Waals surface area contributed by atoms with E-state index in [0.717, 1.165) is 0 Å². The molecular weight excluding hydrogens is 123 g/mol. The molecule has 38 valence electrons. The van der Waals surface area contributed by atoms with Crippen LogP contribution in [0.5, 0.6) is 0 Å². The van der Waals surface area contributed by atoms with Gasteiger partial charge >= 0.3 is 51.0 Å². The Bertz CT molecular complexity index is 27.2. The molecule has 4 N–H and O–H groups in total. The molecule has 0 aliphatic rings. The van der Waals surface area contributed by atoms with Gasteiger partial charge in [-0.3, -0.25) is 0 Å². The molecule has 7 heteroatoms. The van der Waals surface area contributed by atoms with Crippen molar-refractivity contribution in [1.29, 1.82) is 0 Å². The summed E-state index contributed by atoms with van der Waals surface area (Å²) < 4.78 is 0. The number of hydrogen-bond donors (Lipinski definition) is 4. The van der Waals surface area contributed by atoms with Crippen LogP contribution in [-0.4, -0.2) is 70.1 Å². The van der Waals surface area contributed by atoms with E-state index in [9.17, 15) is 0 Å². The van der Waals surface area contributed by atoms with E-state index in [2.05, 4.69) is 0 Å². The van der Waals surface area contributed by atoms with Crippen molar-refractivity contribution in [3.8, 4) is 0 Å². The minimum Gasteiger partial charge on any atom is 0.316 e. The van der Waals surface area contributed by atoms with E-state index in [1.54, 1.807) is 0 Å². The Hall–Kier alpha value is 1.42. The summed E-state index contributed by atoms with van der Waals surface area (Å²) in [6.45, 7) is 0. The Labute approximate surface area is 70.0 Å². The fraction of sp³-hybridized carbons (Fsp3) is 0. The van der Waals surface area contributed by atoms with Crippen LogP contribution >= 0.6 is 0 Å². The summed E-state index contributed by atoms with van der Waals surface area (Å²) in [6.07, 6.45) is 0. The second-order valence-electron chi connectivity index (χ2n) is 0.600. The van der Waals surface area contributed by atoms with E-state index >= 15 is 0 Å². The van der Waals surface area contributed by atoms with Gasteiger partial charge in [-0.2, -0.15) is 0 Å². The van der Waals surface area contributed by atoms with Crippen molar-refractivity contribution in [2.75, 3.05) is 0 Å². The Morgan fingerprint density at radius 1 is 0.857 bits per heavy atom. The quantitative estimate of drug-likeness (QED) is 0.251. The van der Waals surface area contributed by atoms with Crippen molar-refractivity contribution in [1.82, 2.24) is 0 Å². The summed E-state index contributed by atoms with van der Waals surface area (Å²) in [6, 6.07) is 0. The molecular formula is H7LiMgO4Si. The van der Waals surface area contributed by atoms with E-state index in [1.165, 1.54) is 0 Å². The predicted octanol–water partition coefficient (Wildman–Crippen LogP) is -4.17. The largest absolute Gasteiger partial charge is 0.316 e. The van der Waals surface area contributed by atoms with Crippen LogP contribution in [-0.2, 0) is 0 Å². The third-order valence-corrected chi connectivity index (χ3v) is 0. The molecule has 0 aliphatic heterocycles. The zero-order chi connectivity index (χ0) is 4.50. The molecule has 0 unspecified atom stereocenters. The fourth-order valence-electron chi connectivity index (χ4n) is 0. The maximum Gasteiger partial charge on any atom is 0.316 e. The Morgan fingerprint density at radius 3 is 0.857 bits per heavy atom. The third-order valence-electron chi connectivity index (χ3n) is 0. The van der Waals surface area contributed by atoms with Gasteiger partial charge in [-0.05, 0) is 0 Å². The van der Waals surface area contributed by atoms with E-state index in [-0.39, 0.29) is 41.9 Å². The van der Waals surface area contributed by atoms with E-state index in [4.69, 9.17) is 19.2 Å². The summed E-state index contributed by atoms with van der Waals surface area (Å²) in [7, 11) is -4.61. The standard InChI is InChI=1S/Li.Mg.H4O4Si.3H/c;;1-5(2,3)4;;;/h;;1-4H;;;. The summed E-state index contributed by atoms with van der Waals surface area (Å²) >= 11 is 0. The predicted molar refractivity (Wildman–Crippen MR) is 30.3 cm³/mol.